The zero-order valence-corrected chi connectivity index (χ0v) is 30.7. The molecular weight excluding hydrogens is 639 g/mol. The van der Waals surface area contributed by atoms with Crippen LogP contribution >= 0.6 is 0 Å². The first-order valence-electron chi connectivity index (χ1n) is 18.8. The molecule has 2 aliphatic rings. The van der Waals surface area contributed by atoms with Crippen molar-refractivity contribution in [1.82, 2.24) is 0 Å². The molecular formula is C52H41N. The van der Waals surface area contributed by atoms with Gasteiger partial charge in [-0.2, -0.15) is 0 Å². The summed E-state index contributed by atoms with van der Waals surface area (Å²) in [6, 6.07) is 65.2. The van der Waals surface area contributed by atoms with E-state index in [9.17, 15) is 0 Å². The van der Waals surface area contributed by atoms with E-state index < -0.39 is 0 Å². The van der Waals surface area contributed by atoms with Crippen LogP contribution in [-0.4, -0.2) is 0 Å². The van der Waals surface area contributed by atoms with E-state index >= 15 is 0 Å². The Morgan fingerprint density at radius 2 is 0.962 bits per heavy atom. The molecule has 0 amide bonds. The zero-order chi connectivity index (χ0) is 35.9. The van der Waals surface area contributed by atoms with Crippen LogP contribution in [0.5, 0.6) is 0 Å². The van der Waals surface area contributed by atoms with Gasteiger partial charge in [0.25, 0.3) is 0 Å². The third kappa shape index (κ3) is 4.70. The fourth-order valence-corrected chi connectivity index (χ4v) is 9.46. The Labute approximate surface area is 312 Å². The summed E-state index contributed by atoms with van der Waals surface area (Å²) >= 11 is 0. The Morgan fingerprint density at radius 1 is 0.377 bits per heavy atom. The van der Waals surface area contributed by atoms with Crippen molar-refractivity contribution in [1.29, 1.82) is 0 Å². The van der Waals surface area contributed by atoms with E-state index in [-0.39, 0.29) is 10.8 Å². The van der Waals surface area contributed by atoms with Crippen LogP contribution in [0.3, 0.4) is 0 Å². The van der Waals surface area contributed by atoms with Crippen LogP contribution in [0.4, 0.5) is 17.1 Å². The fourth-order valence-electron chi connectivity index (χ4n) is 9.46. The van der Waals surface area contributed by atoms with Gasteiger partial charge in [0.1, 0.15) is 0 Å². The maximum absolute atomic E-state index is 2.52. The Hall–Kier alpha value is -6.18. The minimum atomic E-state index is -0.276. The number of nitrogens with zero attached hydrogens (tertiary/aromatic N) is 1. The van der Waals surface area contributed by atoms with E-state index in [0.717, 1.165) is 5.69 Å². The van der Waals surface area contributed by atoms with Gasteiger partial charge in [-0.25, -0.2) is 0 Å². The Kier molecular flexibility index (Phi) is 6.94. The second-order valence-corrected chi connectivity index (χ2v) is 15.7. The second kappa shape index (κ2) is 11.7. The van der Waals surface area contributed by atoms with Crippen LogP contribution in [0.25, 0.3) is 55.3 Å². The van der Waals surface area contributed by atoms with Gasteiger partial charge in [0.05, 0.1) is 5.69 Å². The van der Waals surface area contributed by atoms with Crippen molar-refractivity contribution in [2.45, 2.75) is 38.5 Å². The summed E-state index contributed by atoms with van der Waals surface area (Å²) < 4.78 is 0. The topological polar surface area (TPSA) is 3.24 Å². The maximum atomic E-state index is 2.52. The van der Waals surface area contributed by atoms with Gasteiger partial charge in [-0.15, -0.1) is 0 Å². The number of hydrogen-bond donors (Lipinski definition) is 0. The molecule has 1 nitrogen and oxygen atoms in total. The second-order valence-electron chi connectivity index (χ2n) is 15.7. The van der Waals surface area contributed by atoms with Gasteiger partial charge in [-0.3, -0.25) is 0 Å². The van der Waals surface area contributed by atoms with Crippen LogP contribution in [0, 0.1) is 0 Å². The van der Waals surface area contributed by atoms with Gasteiger partial charge in [0.15, 0.2) is 0 Å². The highest BCUT2D eigenvalue weighted by atomic mass is 15.1. The molecule has 8 aromatic carbocycles. The third-order valence-electron chi connectivity index (χ3n) is 12.0. The van der Waals surface area contributed by atoms with Crippen molar-refractivity contribution in [3.63, 3.8) is 0 Å². The molecule has 1 heteroatoms. The summed E-state index contributed by atoms with van der Waals surface area (Å²) in [6.07, 6.45) is 0. The van der Waals surface area contributed by atoms with Crippen molar-refractivity contribution in [2.75, 3.05) is 4.90 Å². The normalized spacial score (nSPS) is 14.3. The molecule has 10 rings (SSSR count). The number of hydrogen-bond acceptors (Lipinski definition) is 1. The van der Waals surface area contributed by atoms with E-state index in [0.29, 0.717) is 0 Å². The minimum absolute atomic E-state index is 0.112. The molecule has 0 spiro atoms. The molecule has 0 fully saturated rings. The highest BCUT2D eigenvalue weighted by molar-refractivity contribution is 6.10. The summed E-state index contributed by atoms with van der Waals surface area (Å²) in [5, 5.41) is 2.65. The molecule has 0 bridgehead atoms. The standard InChI is InChI=1S/C52H41N/c1-51(2)44-22-12-11-20-41(44)42-32-30-39(33-46(42)51)53(38-28-25-35(26-29-38)34-15-7-5-8-16-34)47-24-14-21-43-49-40(36-17-9-6-10-18-36)31-27-37-19-13-23-45(48(37)49)52(3,4)50(43)47/h5-33H,1-4H3. The zero-order valence-electron chi connectivity index (χ0n) is 30.7. The van der Waals surface area contributed by atoms with Crippen molar-refractivity contribution in [3.05, 3.63) is 198 Å². The van der Waals surface area contributed by atoms with Gasteiger partial charge >= 0.3 is 0 Å². The summed E-state index contributed by atoms with van der Waals surface area (Å²) in [7, 11) is 0. The Morgan fingerprint density at radius 3 is 1.74 bits per heavy atom. The summed E-state index contributed by atoms with van der Waals surface area (Å²) in [4.78, 5) is 2.52. The molecule has 2 aliphatic carbocycles. The molecule has 0 radical (unpaired) electrons. The number of fused-ring (bicyclic) bond motifs is 5. The van der Waals surface area contributed by atoms with E-state index in [1.807, 2.05) is 0 Å². The lowest BCUT2D eigenvalue weighted by molar-refractivity contribution is 0.645. The lowest BCUT2D eigenvalue weighted by Crippen LogP contribution is -2.27. The molecule has 0 saturated heterocycles. The fraction of sp³-hybridized carbons (Fsp3) is 0.115. The van der Waals surface area contributed by atoms with Gasteiger partial charge < -0.3 is 4.90 Å². The minimum Gasteiger partial charge on any atom is -0.310 e. The SMILES string of the molecule is CC1(C)c2ccccc2-c2ccc(N(c3ccc(-c4ccccc4)cc3)c3cccc4c3C(C)(C)c3cccc5ccc(-c6ccccc6)c-4c35)cc21. The first kappa shape index (κ1) is 31.5. The van der Waals surface area contributed by atoms with E-state index in [2.05, 4.69) is 209 Å². The predicted molar refractivity (Wildman–Crippen MR) is 225 cm³/mol. The summed E-state index contributed by atoms with van der Waals surface area (Å²) in [5.74, 6) is 0. The van der Waals surface area contributed by atoms with E-state index in [1.165, 1.54) is 88.9 Å². The van der Waals surface area contributed by atoms with Gasteiger partial charge in [-0.05, 0) is 108 Å². The van der Waals surface area contributed by atoms with Gasteiger partial charge in [0, 0.05) is 22.2 Å². The van der Waals surface area contributed by atoms with Crippen LogP contribution in [0.2, 0.25) is 0 Å². The van der Waals surface area contributed by atoms with Crippen LogP contribution < -0.4 is 4.90 Å². The molecule has 254 valence electrons. The molecule has 0 atom stereocenters. The van der Waals surface area contributed by atoms with Crippen molar-refractivity contribution in [3.8, 4) is 44.5 Å². The first-order valence-corrected chi connectivity index (χ1v) is 18.8. The van der Waals surface area contributed by atoms with Crippen LogP contribution in [0.1, 0.15) is 49.9 Å². The summed E-state index contributed by atoms with van der Waals surface area (Å²) in [6.45, 7) is 9.58. The molecule has 53 heavy (non-hydrogen) atoms. The molecule has 0 N–H and O–H groups in total. The highest BCUT2D eigenvalue weighted by Gasteiger charge is 2.39. The summed E-state index contributed by atoms with van der Waals surface area (Å²) in [5.41, 5.74) is 18.8. The Bertz CT molecular complexity index is 2700. The van der Waals surface area contributed by atoms with Crippen LogP contribution in [0.15, 0.2) is 176 Å². The lowest BCUT2D eigenvalue weighted by Gasteiger charge is -2.40. The number of rotatable bonds is 5. The van der Waals surface area contributed by atoms with Crippen molar-refractivity contribution >= 4 is 27.8 Å². The predicted octanol–water partition coefficient (Wildman–Crippen LogP) is 14.3. The van der Waals surface area contributed by atoms with Crippen molar-refractivity contribution in [2.24, 2.45) is 0 Å². The van der Waals surface area contributed by atoms with Crippen LogP contribution in [-0.2, 0) is 10.8 Å². The van der Waals surface area contributed by atoms with Crippen molar-refractivity contribution < 1.29 is 0 Å². The highest BCUT2D eigenvalue weighted by Crippen LogP contribution is 2.57. The maximum Gasteiger partial charge on any atom is 0.0508 e. The number of benzene rings is 8. The largest absolute Gasteiger partial charge is 0.310 e. The average Bonchev–Trinajstić information content (AvgIpc) is 3.43. The molecule has 0 unspecified atom stereocenters. The molecule has 0 aromatic heterocycles. The van der Waals surface area contributed by atoms with Gasteiger partial charge in [-0.1, -0.05) is 173 Å². The van der Waals surface area contributed by atoms with Gasteiger partial charge in [0.2, 0.25) is 0 Å². The van der Waals surface area contributed by atoms with E-state index in [4.69, 9.17) is 0 Å². The molecule has 0 aliphatic heterocycles. The number of anilines is 3. The lowest BCUT2D eigenvalue weighted by atomic mass is 9.66. The van der Waals surface area contributed by atoms with E-state index in [1.54, 1.807) is 0 Å². The Balaban J connectivity index is 1.24. The third-order valence-corrected chi connectivity index (χ3v) is 12.0. The first-order chi connectivity index (χ1) is 25.8. The molecule has 0 saturated carbocycles. The average molecular weight is 680 g/mol. The molecule has 8 aromatic rings. The quantitative estimate of drug-likeness (QED) is 0.175. The monoisotopic (exact) mass is 679 g/mol. The molecule has 0 heterocycles. The smallest absolute Gasteiger partial charge is 0.0508 e.